The van der Waals surface area contributed by atoms with Crippen LogP contribution in [0.2, 0.25) is 5.02 Å². The maximum Gasteiger partial charge on any atom is 0.300 e. The predicted octanol–water partition coefficient (Wildman–Crippen LogP) is 5.35. The zero-order chi connectivity index (χ0) is 23.0. The number of halogens is 1. The number of ether oxygens (including phenoxy) is 2. The van der Waals surface area contributed by atoms with E-state index < -0.39 is 17.7 Å². The maximum atomic E-state index is 13.2. The number of Topliss-reactive ketones (excluding diaryl/α,β-unsaturated/α-hetero) is 1. The molecule has 0 bridgehead atoms. The highest BCUT2D eigenvalue weighted by molar-refractivity contribution is 7.10. The second-order valence-corrected chi connectivity index (χ2v) is 8.57. The Morgan fingerprint density at radius 2 is 1.81 bits per heavy atom. The Morgan fingerprint density at radius 3 is 2.44 bits per heavy atom. The lowest BCUT2D eigenvalue weighted by Gasteiger charge is -2.25. The first kappa shape index (κ1) is 21.9. The van der Waals surface area contributed by atoms with E-state index in [1.807, 2.05) is 18.4 Å². The van der Waals surface area contributed by atoms with Crippen molar-refractivity contribution in [2.75, 3.05) is 19.1 Å². The average Bonchev–Trinajstić information content (AvgIpc) is 3.33. The van der Waals surface area contributed by atoms with Crippen molar-refractivity contribution >= 4 is 46.1 Å². The summed E-state index contributed by atoms with van der Waals surface area (Å²) in [5.74, 6) is -0.910. The number of hydrogen-bond acceptors (Lipinski definition) is 6. The van der Waals surface area contributed by atoms with Crippen LogP contribution in [0, 0.1) is 6.92 Å². The third-order valence-electron chi connectivity index (χ3n) is 5.34. The van der Waals surface area contributed by atoms with E-state index in [4.69, 9.17) is 21.1 Å². The number of aliphatic hydroxyl groups excluding tert-OH is 1. The molecule has 32 heavy (non-hydrogen) atoms. The largest absolute Gasteiger partial charge is 0.507 e. The number of thiophene rings is 1. The minimum Gasteiger partial charge on any atom is -0.507 e. The second kappa shape index (κ2) is 8.68. The number of ketones is 1. The van der Waals surface area contributed by atoms with Gasteiger partial charge in [-0.25, -0.2) is 0 Å². The summed E-state index contributed by atoms with van der Waals surface area (Å²) in [4.78, 5) is 28.5. The number of benzene rings is 2. The fourth-order valence-electron chi connectivity index (χ4n) is 3.78. The number of anilines is 1. The first-order valence-electron chi connectivity index (χ1n) is 9.70. The molecule has 0 radical (unpaired) electrons. The molecule has 1 saturated heterocycles. The van der Waals surface area contributed by atoms with Crippen molar-refractivity contribution in [2.45, 2.75) is 13.0 Å². The normalized spacial score (nSPS) is 17.6. The Bertz CT molecular complexity index is 1250. The third-order valence-corrected chi connectivity index (χ3v) is 6.64. The Morgan fingerprint density at radius 1 is 1.06 bits per heavy atom. The molecule has 2 aromatic carbocycles. The molecule has 1 aromatic heterocycles. The first-order valence-corrected chi connectivity index (χ1v) is 11.0. The van der Waals surface area contributed by atoms with Gasteiger partial charge in [-0.2, -0.15) is 0 Å². The molecule has 164 valence electrons. The van der Waals surface area contributed by atoms with Crippen molar-refractivity contribution in [3.63, 3.8) is 0 Å². The molecule has 1 aliphatic heterocycles. The van der Waals surface area contributed by atoms with E-state index in [0.29, 0.717) is 27.8 Å². The van der Waals surface area contributed by atoms with E-state index >= 15 is 0 Å². The molecule has 0 spiro atoms. The summed E-state index contributed by atoms with van der Waals surface area (Å²) in [6, 6.07) is 12.7. The summed E-state index contributed by atoms with van der Waals surface area (Å²) in [6.45, 7) is 1.90. The molecule has 1 atom stereocenters. The van der Waals surface area contributed by atoms with Crippen LogP contribution in [-0.4, -0.2) is 31.0 Å². The monoisotopic (exact) mass is 469 g/mol. The highest BCUT2D eigenvalue weighted by Gasteiger charge is 2.48. The molecule has 1 unspecified atom stereocenters. The molecule has 4 rings (SSSR count). The van der Waals surface area contributed by atoms with Crippen LogP contribution in [0.25, 0.3) is 5.76 Å². The van der Waals surface area contributed by atoms with Crippen LogP contribution in [0.15, 0.2) is 59.5 Å². The lowest BCUT2D eigenvalue weighted by molar-refractivity contribution is -0.132. The summed E-state index contributed by atoms with van der Waals surface area (Å²) in [7, 11) is 2.99. The lowest BCUT2D eigenvalue weighted by atomic mass is 9.98. The molecule has 1 fully saturated rings. The van der Waals surface area contributed by atoms with Crippen molar-refractivity contribution in [1.82, 2.24) is 0 Å². The Kier molecular flexibility index (Phi) is 5.95. The Balaban J connectivity index is 1.95. The van der Waals surface area contributed by atoms with Crippen molar-refractivity contribution in [3.05, 3.63) is 80.5 Å². The first-order chi connectivity index (χ1) is 15.4. The quantitative estimate of drug-likeness (QED) is 0.309. The topological polar surface area (TPSA) is 76.1 Å². The summed E-state index contributed by atoms with van der Waals surface area (Å²) in [5.41, 5.74) is 1.73. The fourth-order valence-corrected chi connectivity index (χ4v) is 4.99. The lowest BCUT2D eigenvalue weighted by Crippen LogP contribution is -2.29. The zero-order valence-corrected chi connectivity index (χ0v) is 19.2. The summed E-state index contributed by atoms with van der Waals surface area (Å²) >= 11 is 7.58. The van der Waals surface area contributed by atoms with Gasteiger partial charge >= 0.3 is 0 Å². The van der Waals surface area contributed by atoms with E-state index in [-0.39, 0.29) is 11.3 Å². The van der Waals surface area contributed by atoms with Gasteiger partial charge in [-0.1, -0.05) is 17.7 Å². The van der Waals surface area contributed by atoms with Crippen LogP contribution in [0.3, 0.4) is 0 Å². The number of methoxy groups -OCH3 is 2. The molecular weight excluding hydrogens is 450 g/mol. The Hall–Kier alpha value is -3.29. The van der Waals surface area contributed by atoms with E-state index in [2.05, 4.69) is 0 Å². The van der Waals surface area contributed by atoms with E-state index in [1.54, 1.807) is 42.5 Å². The van der Waals surface area contributed by atoms with Gasteiger partial charge in [-0.15, -0.1) is 11.3 Å². The zero-order valence-electron chi connectivity index (χ0n) is 17.6. The Labute approximate surface area is 194 Å². The van der Waals surface area contributed by atoms with Gasteiger partial charge in [0, 0.05) is 21.2 Å². The molecule has 3 aromatic rings. The average molecular weight is 470 g/mol. The fraction of sp³-hybridized carbons (Fsp3) is 0.167. The minimum absolute atomic E-state index is 0.00717. The van der Waals surface area contributed by atoms with Crippen LogP contribution in [0.4, 0.5) is 5.69 Å². The maximum absolute atomic E-state index is 13.2. The van der Waals surface area contributed by atoms with Crippen molar-refractivity contribution in [1.29, 1.82) is 0 Å². The van der Waals surface area contributed by atoms with E-state index in [9.17, 15) is 14.7 Å². The highest BCUT2D eigenvalue weighted by Crippen LogP contribution is 2.45. The van der Waals surface area contributed by atoms with Crippen LogP contribution in [-0.2, 0) is 9.59 Å². The predicted molar refractivity (Wildman–Crippen MR) is 125 cm³/mol. The summed E-state index contributed by atoms with van der Waals surface area (Å²) in [6.07, 6.45) is 0. The van der Waals surface area contributed by atoms with Gasteiger partial charge in [0.15, 0.2) is 11.5 Å². The molecule has 0 saturated carbocycles. The molecule has 2 heterocycles. The highest BCUT2D eigenvalue weighted by atomic mass is 35.5. The molecule has 1 N–H and O–H groups in total. The van der Waals surface area contributed by atoms with E-state index in [0.717, 1.165) is 10.4 Å². The van der Waals surface area contributed by atoms with Gasteiger partial charge in [0.25, 0.3) is 11.7 Å². The van der Waals surface area contributed by atoms with E-state index in [1.165, 1.54) is 30.5 Å². The number of nitrogens with zero attached hydrogens (tertiary/aromatic N) is 1. The minimum atomic E-state index is -0.790. The number of aryl methyl sites for hydroxylation is 1. The van der Waals surface area contributed by atoms with Crippen LogP contribution >= 0.6 is 22.9 Å². The molecule has 1 amide bonds. The molecular formula is C24H20ClNO5S. The second-order valence-electron chi connectivity index (χ2n) is 7.19. The van der Waals surface area contributed by atoms with Gasteiger partial charge in [0.05, 0.1) is 19.8 Å². The molecule has 6 nitrogen and oxygen atoms in total. The number of aliphatic hydroxyl groups is 1. The number of carbonyl (C=O) groups excluding carboxylic acids is 2. The molecule has 8 heteroatoms. The van der Waals surface area contributed by atoms with Gasteiger partial charge in [-0.3, -0.25) is 14.5 Å². The smallest absolute Gasteiger partial charge is 0.300 e. The van der Waals surface area contributed by atoms with Gasteiger partial charge in [-0.05, 0) is 60.3 Å². The van der Waals surface area contributed by atoms with Gasteiger partial charge in [0.2, 0.25) is 0 Å². The van der Waals surface area contributed by atoms with Crippen LogP contribution in [0.5, 0.6) is 11.5 Å². The molecule has 1 aliphatic rings. The summed E-state index contributed by atoms with van der Waals surface area (Å²) in [5, 5.41) is 13.6. The number of hydrogen-bond donors (Lipinski definition) is 1. The van der Waals surface area contributed by atoms with Crippen molar-refractivity contribution in [3.8, 4) is 11.5 Å². The van der Waals surface area contributed by atoms with Crippen molar-refractivity contribution in [2.24, 2.45) is 0 Å². The van der Waals surface area contributed by atoms with Crippen molar-refractivity contribution < 1.29 is 24.2 Å². The van der Waals surface area contributed by atoms with Gasteiger partial charge in [0.1, 0.15) is 11.8 Å². The van der Waals surface area contributed by atoms with Gasteiger partial charge < -0.3 is 14.6 Å². The third kappa shape index (κ3) is 3.63. The number of carbonyl (C=O) groups is 2. The number of amides is 1. The summed E-state index contributed by atoms with van der Waals surface area (Å²) < 4.78 is 10.6. The molecule has 0 aliphatic carbocycles. The van der Waals surface area contributed by atoms with Crippen LogP contribution in [0.1, 0.15) is 22.0 Å². The standard InChI is InChI=1S/C24H20ClNO5S/c1-13-9-10-32-23(13)20-19(21(27)14-7-8-17(30-2)18(11-14)31-3)22(28)24(29)26(20)16-6-4-5-15(25)12-16/h4-12,20,27H,1-3H3/b21-19-. The number of rotatable bonds is 5. The van der Waals surface area contributed by atoms with Crippen LogP contribution < -0.4 is 14.4 Å². The SMILES string of the molecule is COc1ccc(/C(O)=C2/C(=O)C(=O)N(c3cccc(Cl)c3)C2c2sccc2C)cc1OC.